The first-order valence-electron chi connectivity index (χ1n) is 6.33. The van der Waals surface area contributed by atoms with E-state index in [1.54, 1.807) is 11.8 Å². The summed E-state index contributed by atoms with van der Waals surface area (Å²) in [6.45, 7) is 3.28. The Balaban J connectivity index is 1.70. The molecule has 17 heavy (non-hydrogen) atoms. The van der Waals surface area contributed by atoms with Crippen LogP contribution in [0.15, 0.2) is 29.2 Å². The van der Waals surface area contributed by atoms with Gasteiger partial charge in [0, 0.05) is 30.6 Å². The molecule has 0 aliphatic heterocycles. The molecule has 0 atom stereocenters. The monoisotopic (exact) mass is 250 g/mol. The number of hydrogen-bond donors (Lipinski definition) is 1. The molecule has 0 amide bonds. The molecule has 1 aliphatic carbocycles. The molecule has 3 heteroatoms. The zero-order valence-electron chi connectivity index (χ0n) is 10.8. The molecule has 0 aromatic heterocycles. The van der Waals surface area contributed by atoms with Crippen molar-refractivity contribution < 1.29 is 0 Å². The van der Waals surface area contributed by atoms with Crippen LogP contribution in [0, 0.1) is 0 Å². The Morgan fingerprint density at radius 2 is 2.00 bits per heavy atom. The van der Waals surface area contributed by atoms with E-state index in [2.05, 4.69) is 47.8 Å². The molecule has 0 spiro atoms. The fourth-order valence-corrected chi connectivity index (χ4v) is 2.28. The molecule has 0 saturated heterocycles. The lowest BCUT2D eigenvalue weighted by molar-refractivity contribution is 0.324. The molecule has 0 heterocycles. The highest BCUT2D eigenvalue weighted by atomic mass is 32.2. The Morgan fingerprint density at radius 1 is 1.29 bits per heavy atom. The van der Waals surface area contributed by atoms with Crippen molar-refractivity contribution in [3.63, 3.8) is 0 Å². The topological polar surface area (TPSA) is 15.3 Å². The van der Waals surface area contributed by atoms with Gasteiger partial charge in [0.05, 0.1) is 0 Å². The summed E-state index contributed by atoms with van der Waals surface area (Å²) in [5.74, 6) is 0. The Kier molecular flexibility index (Phi) is 4.89. The highest BCUT2D eigenvalue weighted by molar-refractivity contribution is 7.98. The Bertz CT molecular complexity index is 333. The van der Waals surface area contributed by atoms with E-state index in [1.807, 2.05) is 0 Å². The number of benzene rings is 1. The van der Waals surface area contributed by atoms with E-state index in [0.29, 0.717) is 0 Å². The molecule has 94 valence electrons. The fraction of sp³-hybridized carbons (Fsp3) is 0.571. The van der Waals surface area contributed by atoms with Crippen LogP contribution in [0.2, 0.25) is 0 Å². The molecule has 0 bridgehead atoms. The number of rotatable bonds is 7. The first kappa shape index (κ1) is 12.9. The van der Waals surface area contributed by atoms with Crippen molar-refractivity contribution in [1.29, 1.82) is 0 Å². The minimum Gasteiger partial charge on any atom is -0.313 e. The summed E-state index contributed by atoms with van der Waals surface area (Å²) in [6, 6.07) is 9.70. The number of likely N-dealkylation sites (N-methyl/N-ethyl adjacent to an activating group) is 1. The third-order valence-electron chi connectivity index (χ3n) is 3.12. The van der Waals surface area contributed by atoms with Gasteiger partial charge in [0.2, 0.25) is 0 Å². The number of thioether (sulfide) groups is 1. The summed E-state index contributed by atoms with van der Waals surface area (Å²) in [6.07, 6.45) is 4.87. The van der Waals surface area contributed by atoms with E-state index in [0.717, 1.165) is 25.7 Å². The van der Waals surface area contributed by atoms with E-state index < -0.39 is 0 Å². The maximum Gasteiger partial charge on any atom is 0.0231 e. The van der Waals surface area contributed by atoms with Gasteiger partial charge in [-0.2, -0.15) is 0 Å². The minimum atomic E-state index is 0.823. The number of hydrogen-bond acceptors (Lipinski definition) is 3. The lowest BCUT2D eigenvalue weighted by atomic mass is 10.2. The Hall–Kier alpha value is -0.510. The molecular formula is C14H22N2S. The van der Waals surface area contributed by atoms with Gasteiger partial charge in [-0.05, 0) is 43.8 Å². The molecule has 1 fully saturated rings. The van der Waals surface area contributed by atoms with Gasteiger partial charge in [-0.15, -0.1) is 11.8 Å². The molecule has 1 aliphatic rings. The third-order valence-corrected chi connectivity index (χ3v) is 3.86. The first-order valence-corrected chi connectivity index (χ1v) is 7.55. The van der Waals surface area contributed by atoms with E-state index in [-0.39, 0.29) is 0 Å². The maximum atomic E-state index is 3.55. The van der Waals surface area contributed by atoms with E-state index in [1.165, 1.54) is 23.3 Å². The van der Waals surface area contributed by atoms with Gasteiger partial charge in [0.25, 0.3) is 0 Å². The van der Waals surface area contributed by atoms with Crippen LogP contribution >= 0.6 is 11.8 Å². The largest absolute Gasteiger partial charge is 0.313 e. The lowest BCUT2D eigenvalue weighted by Gasteiger charge is -2.17. The van der Waals surface area contributed by atoms with Crippen molar-refractivity contribution in [3.05, 3.63) is 29.8 Å². The fourth-order valence-electron chi connectivity index (χ4n) is 1.87. The predicted octanol–water partition coefficient (Wildman–Crippen LogP) is 2.59. The highest BCUT2D eigenvalue weighted by Gasteiger charge is 2.19. The van der Waals surface area contributed by atoms with E-state index >= 15 is 0 Å². The van der Waals surface area contributed by atoms with Crippen LogP contribution in [0.3, 0.4) is 0 Å². The quantitative estimate of drug-likeness (QED) is 0.749. The average molecular weight is 250 g/mol. The molecule has 1 saturated carbocycles. The van der Waals surface area contributed by atoms with Crippen molar-refractivity contribution in [1.82, 2.24) is 10.2 Å². The zero-order valence-corrected chi connectivity index (χ0v) is 11.6. The van der Waals surface area contributed by atoms with E-state index in [4.69, 9.17) is 0 Å². The second-order valence-corrected chi connectivity index (χ2v) is 5.69. The summed E-state index contributed by atoms with van der Waals surface area (Å²) in [4.78, 5) is 3.72. The second kappa shape index (κ2) is 6.43. The van der Waals surface area contributed by atoms with Crippen LogP contribution in [0.25, 0.3) is 0 Å². The molecule has 2 nitrogen and oxygen atoms in total. The summed E-state index contributed by atoms with van der Waals surface area (Å²) in [5.41, 5.74) is 1.40. The molecule has 1 aromatic carbocycles. The SMILES string of the molecule is CSc1ccc(CN(C)CCNC2CC2)cc1. The van der Waals surface area contributed by atoms with Gasteiger partial charge < -0.3 is 10.2 Å². The van der Waals surface area contributed by atoms with Crippen LogP contribution < -0.4 is 5.32 Å². The summed E-state index contributed by atoms with van der Waals surface area (Å²) in [5, 5.41) is 3.55. The van der Waals surface area contributed by atoms with Crippen LogP contribution in [0.5, 0.6) is 0 Å². The molecule has 0 radical (unpaired) electrons. The van der Waals surface area contributed by atoms with Crippen LogP contribution in [0.4, 0.5) is 0 Å². The van der Waals surface area contributed by atoms with Crippen LogP contribution in [-0.2, 0) is 6.54 Å². The van der Waals surface area contributed by atoms with Crippen molar-refractivity contribution in [2.75, 3.05) is 26.4 Å². The van der Waals surface area contributed by atoms with Crippen molar-refractivity contribution >= 4 is 11.8 Å². The first-order chi connectivity index (χ1) is 8.28. The van der Waals surface area contributed by atoms with Gasteiger partial charge in [0.1, 0.15) is 0 Å². The standard InChI is InChI=1S/C14H22N2S/c1-16(10-9-15-13-5-6-13)11-12-3-7-14(17-2)8-4-12/h3-4,7-8,13,15H,5-6,9-11H2,1-2H3. The predicted molar refractivity (Wildman–Crippen MR) is 75.6 cm³/mol. The molecular weight excluding hydrogens is 228 g/mol. The maximum absolute atomic E-state index is 3.55. The smallest absolute Gasteiger partial charge is 0.0231 e. The Labute approximate surface area is 109 Å². The minimum absolute atomic E-state index is 0.823. The van der Waals surface area contributed by atoms with Crippen molar-refractivity contribution in [3.8, 4) is 0 Å². The summed E-state index contributed by atoms with van der Waals surface area (Å²) in [7, 11) is 2.19. The molecule has 1 aromatic rings. The van der Waals surface area contributed by atoms with Crippen molar-refractivity contribution in [2.24, 2.45) is 0 Å². The van der Waals surface area contributed by atoms with Gasteiger partial charge in [0.15, 0.2) is 0 Å². The van der Waals surface area contributed by atoms with Gasteiger partial charge in [-0.1, -0.05) is 12.1 Å². The molecule has 1 N–H and O–H groups in total. The average Bonchev–Trinajstić information content (AvgIpc) is 3.14. The Morgan fingerprint density at radius 3 is 2.59 bits per heavy atom. The van der Waals surface area contributed by atoms with Gasteiger partial charge in [-0.3, -0.25) is 0 Å². The summed E-state index contributed by atoms with van der Waals surface area (Å²) >= 11 is 1.80. The normalized spacial score (nSPS) is 15.5. The number of nitrogens with one attached hydrogen (secondary N) is 1. The number of nitrogens with zero attached hydrogens (tertiary/aromatic N) is 1. The lowest BCUT2D eigenvalue weighted by Crippen LogP contribution is -2.30. The molecule has 2 rings (SSSR count). The second-order valence-electron chi connectivity index (χ2n) is 4.81. The highest BCUT2D eigenvalue weighted by Crippen LogP contribution is 2.18. The van der Waals surface area contributed by atoms with Crippen LogP contribution in [-0.4, -0.2) is 37.3 Å². The summed E-state index contributed by atoms with van der Waals surface area (Å²) < 4.78 is 0. The van der Waals surface area contributed by atoms with E-state index in [9.17, 15) is 0 Å². The third kappa shape index (κ3) is 4.70. The molecule has 0 unspecified atom stereocenters. The van der Waals surface area contributed by atoms with Gasteiger partial charge >= 0.3 is 0 Å². The van der Waals surface area contributed by atoms with Gasteiger partial charge in [-0.25, -0.2) is 0 Å². The van der Waals surface area contributed by atoms with Crippen molar-refractivity contribution in [2.45, 2.75) is 30.3 Å². The van der Waals surface area contributed by atoms with Crippen LogP contribution in [0.1, 0.15) is 18.4 Å². The zero-order chi connectivity index (χ0) is 12.1.